The molecule has 2 fully saturated rings. The third-order valence-electron chi connectivity index (χ3n) is 4.95. The first-order valence-electron chi connectivity index (χ1n) is 7.80. The first-order chi connectivity index (χ1) is 8.63. The molecule has 0 aromatic rings. The Hall–Kier alpha value is -0.120. The molecule has 0 saturated carbocycles. The zero-order chi connectivity index (χ0) is 13.0. The second kappa shape index (κ2) is 6.36. The van der Waals surface area contributed by atoms with Crippen LogP contribution >= 0.6 is 0 Å². The lowest BCUT2D eigenvalue weighted by Crippen LogP contribution is -2.51. The molecule has 2 heterocycles. The highest BCUT2D eigenvalue weighted by Crippen LogP contribution is 2.20. The van der Waals surface area contributed by atoms with Gasteiger partial charge in [0.25, 0.3) is 0 Å². The molecule has 0 bridgehead atoms. The third kappa shape index (κ3) is 3.69. The van der Waals surface area contributed by atoms with Crippen molar-refractivity contribution in [2.45, 2.75) is 57.5 Å². The van der Waals surface area contributed by atoms with E-state index >= 15 is 0 Å². The first kappa shape index (κ1) is 14.3. The van der Waals surface area contributed by atoms with Gasteiger partial charge >= 0.3 is 0 Å². The highest BCUT2D eigenvalue weighted by atomic mass is 15.2. The third-order valence-corrected chi connectivity index (χ3v) is 4.95. The molecular formula is C15H31N3. The molecule has 106 valence electrons. The highest BCUT2D eigenvalue weighted by molar-refractivity contribution is 4.89. The average Bonchev–Trinajstić information content (AvgIpc) is 2.55. The van der Waals surface area contributed by atoms with E-state index in [1.54, 1.807) is 0 Å². The monoisotopic (exact) mass is 253 g/mol. The Morgan fingerprint density at radius 2 is 2.06 bits per heavy atom. The fourth-order valence-corrected chi connectivity index (χ4v) is 3.39. The van der Waals surface area contributed by atoms with E-state index in [1.807, 2.05) is 0 Å². The predicted octanol–water partition coefficient (Wildman–Crippen LogP) is 1.93. The molecule has 2 rings (SSSR count). The minimum absolute atomic E-state index is 0.323. The van der Waals surface area contributed by atoms with Crippen molar-refractivity contribution < 1.29 is 0 Å². The number of nitrogens with zero attached hydrogens (tertiary/aromatic N) is 2. The van der Waals surface area contributed by atoms with Crippen LogP contribution in [0.15, 0.2) is 0 Å². The molecule has 0 aliphatic carbocycles. The summed E-state index contributed by atoms with van der Waals surface area (Å²) in [5.74, 6) is 0. The van der Waals surface area contributed by atoms with Crippen LogP contribution in [0.25, 0.3) is 0 Å². The summed E-state index contributed by atoms with van der Waals surface area (Å²) in [5.41, 5.74) is 0.323. The maximum atomic E-state index is 3.73. The Morgan fingerprint density at radius 1 is 1.22 bits per heavy atom. The van der Waals surface area contributed by atoms with Gasteiger partial charge in [0, 0.05) is 24.7 Å². The highest BCUT2D eigenvalue weighted by Gasteiger charge is 2.29. The molecule has 2 unspecified atom stereocenters. The van der Waals surface area contributed by atoms with Crippen molar-refractivity contribution in [3.63, 3.8) is 0 Å². The molecule has 18 heavy (non-hydrogen) atoms. The van der Waals surface area contributed by atoms with E-state index in [1.165, 1.54) is 64.8 Å². The maximum absolute atomic E-state index is 3.73. The number of piperidine rings is 1. The van der Waals surface area contributed by atoms with E-state index in [0.29, 0.717) is 5.54 Å². The van der Waals surface area contributed by atoms with E-state index in [-0.39, 0.29) is 0 Å². The average molecular weight is 253 g/mol. The maximum Gasteiger partial charge on any atom is 0.0277 e. The van der Waals surface area contributed by atoms with Crippen LogP contribution < -0.4 is 5.32 Å². The Kier molecular flexibility index (Phi) is 5.05. The Morgan fingerprint density at radius 3 is 2.78 bits per heavy atom. The Labute approximate surface area is 113 Å². The summed E-state index contributed by atoms with van der Waals surface area (Å²) >= 11 is 0. The molecule has 3 nitrogen and oxygen atoms in total. The Balaban J connectivity index is 1.90. The van der Waals surface area contributed by atoms with Gasteiger partial charge in [0.05, 0.1) is 0 Å². The lowest BCUT2D eigenvalue weighted by Gasteiger charge is -2.38. The van der Waals surface area contributed by atoms with Gasteiger partial charge in [-0.15, -0.1) is 0 Å². The normalized spacial score (nSPS) is 36.5. The summed E-state index contributed by atoms with van der Waals surface area (Å²) in [6.07, 6.45) is 6.73. The topological polar surface area (TPSA) is 18.5 Å². The molecule has 1 N–H and O–H groups in total. The van der Waals surface area contributed by atoms with Crippen LogP contribution in [-0.2, 0) is 0 Å². The molecule has 0 spiro atoms. The number of hydrogen-bond acceptors (Lipinski definition) is 3. The zero-order valence-electron chi connectivity index (χ0n) is 12.5. The standard InChI is InChI=1S/C15H31N3/c1-4-15(2)13-18(11-7-9-16-15)12-14-8-5-6-10-17(14)3/h14,16H,4-13H2,1-3H3. The van der Waals surface area contributed by atoms with Crippen molar-refractivity contribution in [1.82, 2.24) is 15.1 Å². The molecular weight excluding hydrogens is 222 g/mol. The van der Waals surface area contributed by atoms with Crippen molar-refractivity contribution in [1.29, 1.82) is 0 Å². The largest absolute Gasteiger partial charge is 0.310 e. The van der Waals surface area contributed by atoms with Gasteiger partial charge in [0.15, 0.2) is 0 Å². The number of likely N-dealkylation sites (N-methyl/N-ethyl adjacent to an activating group) is 1. The van der Waals surface area contributed by atoms with Crippen molar-refractivity contribution in [2.24, 2.45) is 0 Å². The quantitative estimate of drug-likeness (QED) is 0.829. The van der Waals surface area contributed by atoms with Gasteiger partial charge in [-0.25, -0.2) is 0 Å². The van der Waals surface area contributed by atoms with Crippen molar-refractivity contribution in [3.05, 3.63) is 0 Å². The number of rotatable bonds is 3. The number of nitrogens with one attached hydrogen (secondary N) is 1. The first-order valence-corrected chi connectivity index (χ1v) is 7.80. The molecule has 2 aliphatic rings. The number of hydrogen-bond donors (Lipinski definition) is 1. The van der Waals surface area contributed by atoms with Gasteiger partial charge < -0.3 is 10.2 Å². The SMILES string of the molecule is CCC1(C)CN(CC2CCCCN2C)CCCN1. The zero-order valence-corrected chi connectivity index (χ0v) is 12.5. The summed E-state index contributed by atoms with van der Waals surface area (Å²) in [5, 5.41) is 3.73. The van der Waals surface area contributed by atoms with Crippen molar-refractivity contribution in [2.75, 3.05) is 39.8 Å². The fourth-order valence-electron chi connectivity index (χ4n) is 3.39. The van der Waals surface area contributed by atoms with Gasteiger partial charge in [0.2, 0.25) is 0 Å². The molecule has 0 radical (unpaired) electrons. The van der Waals surface area contributed by atoms with Crippen LogP contribution in [0.5, 0.6) is 0 Å². The van der Waals surface area contributed by atoms with Gasteiger partial charge in [-0.3, -0.25) is 4.90 Å². The van der Waals surface area contributed by atoms with E-state index in [2.05, 4.69) is 36.0 Å². The fraction of sp³-hybridized carbons (Fsp3) is 1.00. The van der Waals surface area contributed by atoms with Crippen LogP contribution in [-0.4, -0.2) is 61.2 Å². The van der Waals surface area contributed by atoms with Gasteiger partial charge in [-0.1, -0.05) is 13.3 Å². The van der Waals surface area contributed by atoms with Crippen LogP contribution in [0.2, 0.25) is 0 Å². The van der Waals surface area contributed by atoms with Crippen molar-refractivity contribution >= 4 is 0 Å². The summed E-state index contributed by atoms with van der Waals surface area (Å²) in [4.78, 5) is 5.28. The molecule has 0 amide bonds. The molecule has 0 aromatic carbocycles. The van der Waals surface area contributed by atoms with Crippen LogP contribution in [0, 0.1) is 0 Å². The van der Waals surface area contributed by atoms with Crippen molar-refractivity contribution in [3.8, 4) is 0 Å². The molecule has 0 aromatic heterocycles. The van der Waals surface area contributed by atoms with Gasteiger partial charge in [0.1, 0.15) is 0 Å². The molecule has 3 heteroatoms. The Bertz CT molecular complexity index is 256. The van der Waals surface area contributed by atoms with Crippen LogP contribution in [0.1, 0.15) is 46.0 Å². The summed E-state index contributed by atoms with van der Waals surface area (Å²) in [6, 6.07) is 0.790. The van der Waals surface area contributed by atoms with Gasteiger partial charge in [-0.05, 0) is 59.3 Å². The van der Waals surface area contributed by atoms with E-state index in [0.717, 1.165) is 6.04 Å². The van der Waals surface area contributed by atoms with E-state index < -0.39 is 0 Å². The van der Waals surface area contributed by atoms with E-state index in [4.69, 9.17) is 0 Å². The lowest BCUT2D eigenvalue weighted by molar-refractivity contribution is 0.116. The minimum Gasteiger partial charge on any atom is -0.310 e. The van der Waals surface area contributed by atoms with Crippen LogP contribution in [0.3, 0.4) is 0 Å². The minimum atomic E-state index is 0.323. The summed E-state index contributed by atoms with van der Waals surface area (Å²) in [7, 11) is 2.30. The second-order valence-electron chi connectivity index (χ2n) is 6.56. The second-order valence-corrected chi connectivity index (χ2v) is 6.56. The summed E-state index contributed by atoms with van der Waals surface area (Å²) < 4.78 is 0. The smallest absolute Gasteiger partial charge is 0.0277 e. The summed E-state index contributed by atoms with van der Waals surface area (Å²) in [6.45, 7) is 10.9. The van der Waals surface area contributed by atoms with E-state index in [9.17, 15) is 0 Å². The molecule has 2 saturated heterocycles. The molecule has 2 atom stereocenters. The lowest BCUT2D eigenvalue weighted by atomic mass is 9.97. The van der Waals surface area contributed by atoms with Gasteiger partial charge in [-0.2, -0.15) is 0 Å². The van der Waals surface area contributed by atoms with Crippen LogP contribution in [0.4, 0.5) is 0 Å². The predicted molar refractivity (Wildman–Crippen MR) is 78.0 cm³/mol. The number of likely N-dealkylation sites (tertiary alicyclic amines) is 1. The molecule has 2 aliphatic heterocycles.